The van der Waals surface area contributed by atoms with Crippen LogP contribution in [0.15, 0.2) is 0 Å². The molecule has 0 atom stereocenters. The van der Waals surface area contributed by atoms with Crippen molar-refractivity contribution in [1.29, 1.82) is 0 Å². The minimum Gasteiger partial charge on any atom is -0.349 e. The molecule has 1 amide bonds. The molecule has 12 heavy (non-hydrogen) atoms. The van der Waals surface area contributed by atoms with Crippen molar-refractivity contribution in [2.45, 2.75) is 31.7 Å². The van der Waals surface area contributed by atoms with Gasteiger partial charge in [-0.2, -0.15) is 0 Å². The van der Waals surface area contributed by atoms with Crippen LogP contribution in [0.1, 0.15) is 25.7 Å². The van der Waals surface area contributed by atoms with E-state index in [4.69, 9.17) is 5.73 Å². The van der Waals surface area contributed by atoms with Crippen LogP contribution in [0.5, 0.6) is 0 Å². The zero-order chi connectivity index (χ0) is 9.14. The Labute approximate surface area is 73.9 Å². The average molecular weight is 170 g/mol. The van der Waals surface area contributed by atoms with Gasteiger partial charge in [-0.25, -0.2) is 0 Å². The van der Waals surface area contributed by atoms with Crippen LogP contribution in [0.3, 0.4) is 0 Å². The number of hydrogen-bond donors (Lipinski definition) is 1. The lowest BCUT2D eigenvalue weighted by atomic mass is 9.86. The fraction of sp³-hybridized carbons (Fsp3) is 0.889. The summed E-state index contributed by atoms with van der Waals surface area (Å²) in [6.07, 6.45) is 3.95. The molecule has 1 fully saturated rings. The highest BCUT2D eigenvalue weighted by atomic mass is 16.2. The number of nitrogens with two attached hydrogens (primary N) is 1. The van der Waals surface area contributed by atoms with Crippen molar-refractivity contribution in [1.82, 2.24) is 4.90 Å². The molecular formula is C9H18N2O. The minimum atomic E-state index is 0.236. The van der Waals surface area contributed by atoms with Gasteiger partial charge in [0.1, 0.15) is 0 Å². The molecule has 0 aromatic rings. The first-order valence-corrected chi connectivity index (χ1v) is 4.58. The van der Waals surface area contributed by atoms with Gasteiger partial charge < -0.3 is 10.6 Å². The zero-order valence-electron chi connectivity index (χ0n) is 7.92. The van der Waals surface area contributed by atoms with E-state index >= 15 is 0 Å². The van der Waals surface area contributed by atoms with Crippen molar-refractivity contribution in [2.24, 2.45) is 11.7 Å². The largest absolute Gasteiger partial charge is 0.349 e. The van der Waals surface area contributed by atoms with Gasteiger partial charge in [0.2, 0.25) is 5.91 Å². The molecule has 70 valence electrons. The molecule has 0 heterocycles. The third-order valence-corrected chi connectivity index (χ3v) is 2.56. The van der Waals surface area contributed by atoms with Gasteiger partial charge in [0.15, 0.2) is 0 Å². The van der Waals surface area contributed by atoms with Gasteiger partial charge in [0, 0.05) is 26.1 Å². The molecule has 0 unspecified atom stereocenters. The lowest BCUT2D eigenvalue weighted by Gasteiger charge is -2.27. The summed E-state index contributed by atoms with van der Waals surface area (Å²) >= 11 is 0. The first-order valence-electron chi connectivity index (χ1n) is 4.58. The van der Waals surface area contributed by atoms with Crippen LogP contribution in [0.2, 0.25) is 0 Å². The van der Waals surface area contributed by atoms with Crippen molar-refractivity contribution in [3.63, 3.8) is 0 Å². The minimum absolute atomic E-state index is 0.236. The van der Waals surface area contributed by atoms with Crippen LogP contribution in [0, 0.1) is 5.92 Å². The quantitative estimate of drug-likeness (QED) is 0.626. The Morgan fingerprint density at radius 2 is 1.75 bits per heavy atom. The summed E-state index contributed by atoms with van der Waals surface area (Å²) in [5.41, 5.74) is 5.75. The van der Waals surface area contributed by atoms with Gasteiger partial charge in [-0.15, -0.1) is 0 Å². The maximum absolute atomic E-state index is 11.5. The standard InChI is InChI=1S/C9H18N2O/c1-11(2)9(12)7-3-5-8(10)6-4-7/h7-8H,3-6,10H2,1-2H3/t7-,8+. The van der Waals surface area contributed by atoms with Gasteiger partial charge in [-0.3, -0.25) is 4.79 Å². The summed E-state index contributed by atoms with van der Waals surface area (Å²) in [5.74, 6) is 0.502. The molecule has 3 heteroatoms. The first kappa shape index (κ1) is 9.52. The van der Waals surface area contributed by atoms with Gasteiger partial charge in [0.05, 0.1) is 0 Å². The summed E-state index contributed by atoms with van der Waals surface area (Å²) in [6.45, 7) is 0. The van der Waals surface area contributed by atoms with Crippen LogP contribution in [-0.4, -0.2) is 30.9 Å². The Kier molecular flexibility index (Phi) is 3.09. The van der Waals surface area contributed by atoms with E-state index in [0.717, 1.165) is 25.7 Å². The molecule has 0 aromatic heterocycles. The number of rotatable bonds is 1. The lowest BCUT2D eigenvalue weighted by Crippen LogP contribution is -2.35. The molecule has 2 N–H and O–H groups in total. The Hall–Kier alpha value is -0.570. The molecule has 1 aliphatic rings. The topological polar surface area (TPSA) is 46.3 Å². The molecular weight excluding hydrogens is 152 g/mol. The molecule has 0 bridgehead atoms. The van der Waals surface area contributed by atoms with Crippen molar-refractivity contribution in [3.8, 4) is 0 Å². The summed E-state index contributed by atoms with van der Waals surface area (Å²) in [5, 5.41) is 0. The van der Waals surface area contributed by atoms with E-state index in [1.54, 1.807) is 4.90 Å². The smallest absolute Gasteiger partial charge is 0.225 e. The maximum atomic E-state index is 11.5. The lowest BCUT2D eigenvalue weighted by molar-refractivity contribution is -0.134. The summed E-state index contributed by atoms with van der Waals surface area (Å²) in [4.78, 5) is 13.2. The Bertz CT molecular complexity index is 160. The van der Waals surface area contributed by atoms with Crippen LogP contribution < -0.4 is 5.73 Å². The molecule has 0 aliphatic heterocycles. The molecule has 0 saturated heterocycles. The van der Waals surface area contributed by atoms with Gasteiger partial charge >= 0.3 is 0 Å². The second kappa shape index (κ2) is 3.90. The fourth-order valence-electron chi connectivity index (χ4n) is 1.73. The van der Waals surface area contributed by atoms with E-state index in [0.29, 0.717) is 6.04 Å². The zero-order valence-corrected chi connectivity index (χ0v) is 7.92. The molecule has 0 radical (unpaired) electrons. The normalized spacial score (nSPS) is 29.9. The van der Waals surface area contributed by atoms with Gasteiger partial charge in [-0.1, -0.05) is 0 Å². The molecule has 0 aromatic carbocycles. The van der Waals surface area contributed by atoms with Crippen molar-refractivity contribution in [2.75, 3.05) is 14.1 Å². The van der Waals surface area contributed by atoms with Gasteiger partial charge in [-0.05, 0) is 25.7 Å². The van der Waals surface area contributed by atoms with E-state index in [1.807, 2.05) is 14.1 Å². The van der Waals surface area contributed by atoms with E-state index in [-0.39, 0.29) is 11.8 Å². The number of amides is 1. The predicted molar refractivity (Wildman–Crippen MR) is 48.6 cm³/mol. The van der Waals surface area contributed by atoms with Crippen LogP contribution in [0.4, 0.5) is 0 Å². The third kappa shape index (κ3) is 2.21. The van der Waals surface area contributed by atoms with Crippen molar-refractivity contribution >= 4 is 5.91 Å². The number of hydrogen-bond acceptors (Lipinski definition) is 2. The van der Waals surface area contributed by atoms with Gasteiger partial charge in [0.25, 0.3) is 0 Å². The molecule has 3 nitrogen and oxygen atoms in total. The van der Waals surface area contributed by atoms with Crippen molar-refractivity contribution in [3.05, 3.63) is 0 Å². The third-order valence-electron chi connectivity index (χ3n) is 2.56. The monoisotopic (exact) mass is 170 g/mol. The number of nitrogens with zero attached hydrogens (tertiary/aromatic N) is 1. The molecule has 1 aliphatic carbocycles. The highest BCUT2D eigenvalue weighted by Gasteiger charge is 2.25. The van der Waals surface area contributed by atoms with E-state index in [9.17, 15) is 4.79 Å². The Balaban J connectivity index is 2.39. The number of carbonyl (C=O) groups excluding carboxylic acids is 1. The molecule has 0 spiro atoms. The van der Waals surface area contributed by atoms with E-state index in [2.05, 4.69) is 0 Å². The number of carbonyl (C=O) groups is 1. The van der Waals surface area contributed by atoms with Crippen molar-refractivity contribution < 1.29 is 4.79 Å². The van der Waals surface area contributed by atoms with Crippen LogP contribution in [0.25, 0.3) is 0 Å². The SMILES string of the molecule is CN(C)C(=O)[C@H]1CC[C@@H](N)CC1. The van der Waals surface area contributed by atoms with Crippen LogP contribution in [-0.2, 0) is 4.79 Å². The summed E-state index contributed by atoms with van der Waals surface area (Å²) in [6, 6.07) is 0.330. The molecule has 1 saturated carbocycles. The second-order valence-corrected chi connectivity index (χ2v) is 3.84. The fourth-order valence-corrected chi connectivity index (χ4v) is 1.73. The first-order chi connectivity index (χ1) is 5.61. The highest BCUT2D eigenvalue weighted by molar-refractivity contribution is 5.78. The maximum Gasteiger partial charge on any atom is 0.225 e. The Morgan fingerprint density at radius 1 is 1.25 bits per heavy atom. The summed E-state index contributed by atoms with van der Waals surface area (Å²) in [7, 11) is 3.63. The second-order valence-electron chi connectivity index (χ2n) is 3.84. The predicted octanol–water partition coefficient (Wildman–Crippen LogP) is 0.592. The van der Waals surface area contributed by atoms with E-state index < -0.39 is 0 Å². The molecule has 1 rings (SSSR count). The average Bonchev–Trinajstić information content (AvgIpc) is 2.04. The van der Waals surface area contributed by atoms with E-state index in [1.165, 1.54) is 0 Å². The highest BCUT2D eigenvalue weighted by Crippen LogP contribution is 2.24. The summed E-state index contributed by atoms with van der Waals surface area (Å²) < 4.78 is 0. The van der Waals surface area contributed by atoms with Crippen LogP contribution >= 0.6 is 0 Å². The Morgan fingerprint density at radius 3 is 2.17 bits per heavy atom.